The van der Waals surface area contributed by atoms with Gasteiger partial charge in [-0.2, -0.15) is 0 Å². The van der Waals surface area contributed by atoms with Gasteiger partial charge in [0.25, 0.3) is 5.91 Å². The van der Waals surface area contributed by atoms with Crippen molar-refractivity contribution in [2.45, 2.75) is 6.42 Å². The second-order valence-corrected chi connectivity index (χ2v) is 5.48. The van der Waals surface area contributed by atoms with E-state index in [0.29, 0.717) is 18.7 Å². The molecule has 1 aliphatic heterocycles. The van der Waals surface area contributed by atoms with Gasteiger partial charge in [-0.05, 0) is 24.1 Å². The highest BCUT2D eigenvalue weighted by molar-refractivity contribution is 5.93. The Morgan fingerprint density at radius 1 is 1.39 bits per heavy atom. The zero-order chi connectivity index (χ0) is 16.2. The quantitative estimate of drug-likeness (QED) is 0.893. The average Bonchev–Trinajstić information content (AvgIpc) is 2.59. The number of pyridine rings is 1. The molecule has 0 saturated heterocycles. The minimum absolute atomic E-state index is 0.196. The van der Waals surface area contributed by atoms with Crippen LogP contribution in [-0.4, -0.2) is 31.2 Å². The van der Waals surface area contributed by atoms with E-state index in [-0.39, 0.29) is 17.4 Å². The first-order valence-corrected chi connectivity index (χ1v) is 7.43. The molecule has 2 N–H and O–H groups in total. The molecular weight excluding hydrogens is 296 g/mol. The van der Waals surface area contributed by atoms with Crippen LogP contribution in [0.1, 0.15) is 15.9 Å². The summed E-state index contributed by atoms with van der Waals surface area (Å²) < 4.78 is 11.1. The zero-order valence-corrected chi connectivity index (χ0v) is 12.8. The van der Waals surface area contributed by atoms with E-state index in [0.717, 1.165) is 23.5 Å². The van der Waals surface area contributed by atoms with Crippen molar-refractivity contribution >= 4 is 5.91 Å². The number of amides is 1. The number of carbonyl (C=O) groups is 1. The second-order valence-electron chi connectivity index (χ2n) is 5.48. The number of methoxy groups -OCH3 is 1. The van der Waals surface area contributed by atoms with Gasteiger partial charge in [0, 0.05) is 24.7 Å². The molecule has 1 amide bonds. The zero-order valence-electron chi connectivity index (χ0n) is 12.8. The number of fused-ring (bicyclic) bond motifs is 1. The normalized spacial score (nSPS) is 16.1. The maximum Gasteiger partial charge on any atom is 0.252 e. The summed E-state index contributed by atoms with van der Waals surface area (Å²) in [6.07, 6.45) is 2.23. The third-order valence-corrected chi connectivity index (χ3v) is 3.85. The molecular formula is C17H18N2O4. The molecule has 1 atom stereocenters. The van der Waals surface area contributed by atoms with Crippen LogP contribution in [0.5, 0.6) is 11.5 Å². The van der Waals surface area contributed by atoms with Crippen molar-refractivity contribution in [3.05, 3.63) is 58.0 Å². The number of aromatic nitrogens is 1. The molecule has 3 rings (SSSR count). The Bertz CT molecular complexity index is 749. The van der Waals surface area contributed by atoms with E-state index in [1.807, 2.05) is 18.2 Å². The first-order chi connectivity index (χ1) is 11.2. The van der Waals surface area contributed by atoms with Crippen LogP contribution in [0.3, 0.4) is 0 Å². The topological polar surface area (TPSA) is 80.4 Å². The molecule has 23 heavy (non-hydrogen) atoms. The Labute approximate surface area is 133 Å². The van der Waals surface area contributed by atoms with E-state index in [2.05, 4.69) is 10.3 Å². The number of benzene rings is 1. The minimum atomic E-state index is -0.229. The van der Waals surface area contributed by atoms with Gasteiger partial charge in [0.15, 0.2) is 11.5 Å². The maximum atomic E-state index is 12.1. The van der Waals surface area contributed by atoms with Gasteiger partial charge in [-0.15, -0.1) is 0 Å². The van der Waals surface area contributed by atoms with E-state index in [1.165, 1.54) is 18.3 Å². The van der Waals surface area contributed by atoms with Gasteiger partial charge in [-0.1, -0.05) is 12.1 Å². The number of ether oxygens (including phenoxy) is 2. The first kappa shape index (κ1) is 15.1. The summed E-state index contributed by atoms with van der Waals surface area (Å²) in [5.41, 5.74) is 1.29. The smallest absolute Gasteiger partial charge is 0.252 e. The monoisotopic (exact) mass is 314 g/mol. The third-order valence-electron chi connectivity index (χ3n) is 3.85. The van der Waals surface area contributed by atoms with E-state index < -0.39 is 0 Å². The van der Waals surface area contributed by atoms with Gasteiger partial charge in [0.2, 0.25) is 5.56 Å². The van der Waals surface area contributed by atoms with Gasteiger partial charge in [0.05, 0.1) is 19.3 Å². The fourth-order valence-electron chi connectivity index (χ4n) is 2.64. The number of aromatic amines is 1. The standard InChI is InChI=1S/C17H18N2O4/c1-22-14-4-2-3-12-7-11(10-23-16(12)14)8-19-17(21)13-5-6-15(20)18-9-13/h2-6,9,11H,7-8,10H2,1H3,(H,18,20)(H,19,21)/t11-/m1/s1. The molecule has 0 spiro atoms. The lowest BCUT2D eigenvalue weighted by molar-refractivity contribution is 0.0938. The number of hydrogen-bond donors (Lipinski definition) is 2. The van der Waals surface area contributed by atoms with Crippen LogP contribution in [0.4, 0.5) is 0 Å². The van der Waals surface area contributed by atoms with Crippen molar-refractivity contribution in [1.29, 1.82) is 0 Å². The highest BCUT2D eigenvalue weighted by Gasteiger charge is 2.23. The van der Waals surface area contributed by atoms with Crippen LogP contribution in [0, 0.1) is 5.92 Å². The lowest BCUT2D eigenvalue weighted by atomic mass is 9.96. The van der Waals surface area contributed by atoms with E-state index in [1.54, 1.807) is 7.11 Å². The van der Waals surface area contributed by atoms with Crippen molar-refractivity contribution in [2.75, 3.05) is 20.3 Å². The molecule has 1 aromatic carbocycles. The van der Waals surface area contributed by atoms with Crippen molar-refractivity contribution < 1.29 is 14.3 Å². The van der Waals surface area contributed by atoms with Crippen LogP contribution < -0.4 is 20.3 Å². The number of para-hydroxylation sites is 1. The van der Waals surface area contributed by atoms with Gasteiger partial charge >= 0.3 is 0 Å². The average molecular weight is 314 g/mol. The second kappa shape index (κ2) is 6.56. The molecule has 0 unspecified atom stereocenters. The summed E-state index contributed by atoms with van der Waals surface area (Å²) in [5, 5.41) is 2.88. The predicted octanol–water partition coefficient (Wildman–Crippen LogP) is 1.36. The molecule has 0 radical (unpaired) electrons. The molecule has 1 aromatic heterocycles. The molecule has 0 aliphatic carbocycles. The summed E-state index contributed by atoms with van der Waals surface area (Å²) in [4.78, 5) is 25.5. The van der Waals surface area contributed by atoms with Crippen molar-refractivity contribution in [3.8, 4) is 11.5 Å². The fraction of sp³-hybridized carbons (Fsp3) is 0.294. The Balaban J connectivity index is 1.60. The van der Waals surface area contributed by atoms with Gasteiger partial charge in [-0.25, -0.2) is 0 Å². The number of H-pyrrole nitrogens is 1. The molecule has 6 nitrogen and oxygen atoms in total. The van der Waals surface area contributed by atoms with E-state index >= 15 is 0 Å². The van der Waals surface area contributed by atoms with Gasteiger partial charge < -0.3 is 19.8 Å². The highest BCUT2D eigenvalue weighted by Crippen LogP contribution is 2.35. The number of hydrogen-bond acceptors (Lipinski definition) is 4. The van der Waals surface area contributed by atoms with Crippen LogP contribution in [0.2, 0.25) is 0 Å². The Kier molecular flexibility index (Phi) is 4.32. The molecule has 2 heterocycles. The number of rotatable bonds is 4. The lowest BCUT2D eigenvalue weighted by Gasteiger charge is -2.26. The fourth-order valence-corrected chi connectivity index (χ4v) is 2.64. The summed E-state index contributed by atoms with van der Waals surface area (Å²) in [5.74, 6) is 1.51. The Morgan fingerprint density at radius 2 is 2.26 bits per heavy atom. The van der Waals surface area contributed by atoms with E-state index in [9.17, 15) is 9.59 Å². The Morgan fingerprint density at radius 3 is 3.00 bits per heavy atom. The minimum Gasteiger partial charge on any atom is -0.493 e. The van der Waals surface area contributed by atoms with Crippen LogP contribution in [0.15, 0.2) is 41.3 Å². The number of carbonyl (C=O) groups excluding carboxylic acids is 1. The Hall–Kier alpha value is -2.76. The van der Waals surface area contributed by atoms with Crippen molar-refractivity contribution in [3.63, 3.8) is 0 Å². The molecule has 2 aromatic rings. The van der Waals surface area contributed by atoms with Crippen molar-refractivity contribution in [2.24, 2.45) is 5.92 Å². The van der Waals surface area contributed by atoms with Crippen LogP contribution in [0.25, 0.3) is 0 Å². The molecule has 6 heteroatoms. The molecule has 0 fully saturated rings. The predicted molar refractivity (Wildman–Crippen MR) is 85.1 cm³/mol. The largest absolute Gasteiger partial charge is 0.493 e. The summed E-state index contributed by atoms with van der Waals surface area (Å²) >= 11 is 0. The summed E-state index contributed by atoms with van der Waals surface area (Å²) in [7, 11) is 1.62. The molecule has 120 valence electrons. The SMILES string of the molecule is COc1cccc2c1OC[C@@H](CNC(=O)c1ccc(=O)[nH]c1)C2. The van der Waals surface area contributed by atoms with Gasteiger partial charge in [0.1, 0.15) is 0 Å². The number of nitrogens with one attached hydrogen (secondary N) is 2. The first-order valence-electron chi connectivity index (χ1n) is 7.43. The van der Waals surface area contributed by atoms with Crippen LogP contribution in [-0.2, 0) is 6.42 Å². The van der Waals surface area contributed by atoms with Crippen molar-refractivity contribution in [1.82, 2.24) is 10.3 Å². The van der Waals surface area contributed by atoms with Crippen LogP contribution >= 0.6 is 0 Å². The lowest BCUT2D eigenvalue weighted by Crippen LogP contribution is -2.35. The molecule has 1 aliphatic rings. The van der Waals surface area contributed by atoms with Gasteiger partial charge in [-0.3, -0.25) is 9.59 Å². The highest BCUT2D eigenvalue weighted by atomic mass is 16.5. The third kappa shape index (κ3) is 3.36. The molecule has 0 saturated carbocycles. The summed E-state index contributed by atoms with van der Waals surface area (Å²) in [6, 6.07) is 8.65. The summed E-state index contributed by atoms with van der Waals surface area (Å²) in [6.45, 7) is 1.04. The van der Waals surface area contributed by atoms with E-state index in [4.69, 9.17) is 9.47 Å². The molecule has 0 bridgehead atoms. The maximum absolute atomic E-state index is 12.1.